The second-order valence-corrected chi connectivity index (χ2v) is 6.83. The normalized spacial score (nSPS) is 20.3. The zero-order valence-electron chi connectivity index (χ0n) is 13.5. The first-order chi connectivity index (χ1) is 10.0. The van der Waals surface area contributed by atoms with Crippen molar-refractivity contribution in [1.82, 2.24) is 4.90 Å². The molecule has 1 aromatic carbocycles. The summed E-state index contributed by atoms with van der Waals surface area (Å²) in [5.41, 5.74) is 8.79. The van der Waals surface area contributed by atoms with Gasteiger partial charge in [0.25, 0.3) is 0 Å². The minimum absolute atomic E-state index is 0.206. The van der Waals surface area contributed by atoms with Crippen LogP contribution in [0.1, 0.15) is 31.7 Å². The van der Waals surface area contributed by atoms with Gasteiger partial charge in [0.1, 0.15) is 0 Å². The number of rotatable bonds is 6. The Morgan fingerprint density at radius 3 is 2.86 bits per heavy atom. The number of likely N-dealkylation sites (N-methyl/N-ethyl adjacent to an activating group) is 1. The van der Waals surface area contributed by atoms with Crippen LogP contribution in [0.2, 0.25) is 5.02 Å². The highest BCUT2D eigenvalue weighted by Crippen LogP contribution is 2.31. The quantitative estimate of drug-likeness (QED) is 0.876. The smallest absolute Gasteiger partial charge is 0.0417 e. The van der Waals surface area contributed by atoms with Gasteiger partial charge in [0.15, 0.2) is 0 Å². The lowest BCUT2D eigenvalue weighted by Gasteiger charge is -2.31. The van der Waals surface area contributed by atoms with Gasteiger partial charge in [-0.15, -0.1) is 0 Å². The molecule has 1 heterocycles. The van der Waals surface area contributed by atoms with E-state index in [1.807, 2.05) is 6.07 Å². The number of anilines is 1. The molecule has 2 rings (SSSR count). The summed E-state index contributed by atoms with van der Waals surface area (Å²) in [5, 5.41) is 0.806. The molecule has 1 saturated heterocycles. The third-order valence-corrected chi connectivity index (χ3v) is 4.55. The summed E-state index contributed by atoms with van der Waals surface area (Å²) >= 11 is 6.20. The fourth-order valence-corrected chi connectivity index (χ4v) is 3.38. The molecule has 1 aromatic rings. The molecular weight excluding hydrogens is 282 g/mol. The van der Waals surface area contributed by atoms with Crippen LogP contribution < -0.4 is 10.6 Å². The predicted molar refractivity (Wildman–Crippen MR) is 92.3 cm³/mol. The molecule has 0 saturated carbocycles. The van der Waals surface area contributed by atoms with Gasteiger partial charge in [0, 0.05) is 35.9 Å². The van der Waals surface area contributed by atoms with Crippen molar-refractivity contribution in [3.05, 3.63) is 28.8 Å². The van der Waals surface area contributed by atoms with E-state index in [4.69, 9.17) is 17.3 Å². The standard InChI is InChI=1S/C17H28ClN3/c1-4-15(19)11-13-10-14(18)7-8-17(13)21-9-5-6-16(21)12-20(2)3/h7-8,10,15-16H,4-6,9,11-12,19H2,1-3H3. The lowest BCUT2D eigenvalue weighted by Crippen LogP contribution is -2.38. The van der Waals surface area contributed by atoms with Crippen LogP contribution in [0, 0.1) is 0 Å². The van der Waals surface area contributed by atoms with Crippen molar-refractivity contribution in [2.24, 2.45) is 5.73 Å². The van der Waals surface area contributed by atoms with E-state index in [0.717, 1.165) is 31.0 Å². The maximum absolute atomic E-state index is 6.20. The van der Waals surface area contributed by atoms with Gasteiger partial charge < -0.3 is 15.5 Å². The van der Waals surface area contributed by atoms with E-state index in [1.54, 1.807) is 0 Å². The molecule has 0 aliphatic carbocycles. The monoisotopic (exact) mass is 309 g/mol. The number of nitrogens with two attached hydrogens (primary N) is 1. The Balaban J connectivity index is 2.25. The highest BCUT2D eigenvalue weighted by Gasteiger charge is 2.27. The molecule has 0 aromatic heterocycles. The maximum atomic E-state index is 6.20. The van der Waals surface area contributed by atoms with Crippen LogP contribution in [0.3, 0.4) is 0 Å². The molecule has 0 amide bonds. The Labute approximate surface area is 134 Å². The zero-order chi connectivity index (χ0) is 15.4. The van der Waals surface area contributed by atoms with Crippen LogP contribution in [0.5, 0.6) is 0 Å². The Morgan fingerprint density at radius 2 is 2.19 bits per heavy atom. The van der Waals surface area contributed by atoms with Crippen molar-refractivity contribution in [1.29, 1.82) is 0 Å². The van der Waals surface area contributed by atoms with E-state index < -0.39 is 0 Å². The van der Waals surface area contributed by atoms with Crippen LogP contribution in [0.4, 0.5) is 5.69 Å². The molecule has 2 atom stereocenters. The molecule has 3 nitrogen and oxygen atoms in total. The highest BCUT2D eigenvalue weighted by molar-refractivity contribution is 6.30. The van der Waals surface area contributed by atoms with Crippen molar-refractivity contribution in [2.45, 2.75) is 44.7 Å². The first kappa shape index (κ1) is 16.6. The molecule has 0 bridgehead atoms. The van der Waals surface area contributed by atoms with Gasteiger partial charge in [0.05, 0.1) is 0 Å². The fourth-order valence-electron chi connectivity index (χ4n) is 3.19. The van der Waals surface area contributed by atoms with E-state index in [2.05, 4.69) is 43.0 Å². The number of halogens is 1. The van der Waals surface area contributed by atoms with Gasteiger partial charge in [0.2, 0.25) is 0 Å². The molecular formula is C17H28ClN3. The van der Waals surface area contributed by atoms with Crippen LogP contribution in [-0.4, -0.2) is 44.2 Å². The van der Waals surface area contributed by atoms with Crippen LogP contribution in [0.25, 0.3) is 0 Å². The largest absolute Gasteiger partial charge is 0.367 e. The van der Waals surface area contributed by atoms with Crippen molar-refractivity contribution < 1.29 is 0 Å². The van der Waals surface area contributed by atoms with Crippen molar-refractivity contribution in [3.8, 4) is 0 Å². The third-order valence-electron chi connectivity index (χ3n) is 4.31. The topological polar surface area (TPSA) is 32.5 Å². The van der Waals surface area contributed by atoms with Crippen molar-refractivity contribution in [3.63, 3.8) is 0 Å². The zero-order valence-corrected chi connectivity index (χ0v) is 14.2. The predicted octanol–water partition coefficient (Wildman–Crippen LogP) is 3.15. The molecule has 2 unspecified atom stereocenters. The van der Waals surface area contributed by atoms with E-state index in [-0.39, 0.29) is 6.04 Å². The molecule has 118 valence electrons. The average molecular weight is 310 g/mol. The van der Waals surface area contributed by atoms with Gasteiger partial charge in [-0.3, -0.25) is 0 Å². The highest BCUT2D eigenvalue weighted by atomic mass is 35.5. The average Bonchev–Trinajstić information content (AvgIpc) is 2.86. The number of nitrogens with zero attached hydrogens (tertiary/aromatic N) is 2. The second-order valence-electron chi connectivity index (χ2n) is 6.40. The molecule has 1 aliphatic rings. The lowest BCUT2D eigenvalue weighted by molar-refractivity contribution is 0.372. The minimum Gasteiger partial charge on any atom is -0.367 e. The van der Waals surface area contributed by atoms with Gasteiger partial charge in [-0.2, -0.15) is 0 Å². The van der Waals surface area contributed by atoms with Gasteiger partial charge in [-0.05, 0) is 63.5 Å². The first-order valence-corrected chi connectivity index (χ1v) is 8.34. The van der Waals surface area contributed by atoms with E-state index >= 15 is 0 Å². The van der Waals surface area contributed by atoms with Gasteiger partial charge in [-0.25, -0.2) is 0 Å². The van der Waals surface area contributed by atoms with Crippen LogP contribution >= 0.6 is 11.6 Å². The molecule has 0 radical (unpaired) electrons. The molecule has 2 N–H and O–H groups in total. The molecule has 0 spiro atoms. The van der Waals surface area contributed by atoms with E-state index in [9.17, 15) is 0 Å². The summed E-state index contributed by atoms with van der Waals surface area (Å²) in [7, 11) is 4.29. The Morgan fingerprint density at radius 1 is 1.43 bits per heavy atom. The number of hydrogen-bond acceptors (Lipinski definition) is 3. The SMILES string of the molecule is CCC(N)Cc1cc(Cl)ccc1N1CCCC1CN(C)C. The summed E-state index contributed by atoms with van der Waals surface area (Å²) in [6.07, 6.45) is 4.42. The van der Waals surface area contributed by atoms with Crippen molar-refractivity contribution in [2.75, 3.05) is 32.1 Å². The Bertz CT molecular complexity index is 461. The summed E-state index contributed by atoms with van der Waals surface area (Å²) in [6.45, 7) is 4.37. The maximum Gasteiger partial charge on any atom is 0.0417 e. The third kappa shape index (κ3) is 4.35. The summed E-state index contributed by atoms with van der Waals surface area (Å²) < 4.78 is 0. The molecule has 4 heteroatoms. The molecule has 1 fully saturated rings. The number of hydrogen-bond donors (Lipinski definition) is 1. The fraction of sp³-hybridized carbons (Fsp3) is 0.647. The van der Waals surface area contributed by atoms with E-state index in [0.29, 0.717) is 6.04 Å². The van der Waals surface area contributed by atoms with Gasteiger partial charge in [-0.1, -0.05) is 18.5 Å². The summed E-state index contributed by atoms with van der Waals surface area (Å²) in [4.78, 5) is 4.82. The number of benzene rings is 1. The van der Waals surface area contributed by atoms with Crippen LogP contribution in [0.15, 0.2) is 18.2 Å². The van der Waals surface area contributed by atoms with Crippen molar-refractivity contribution >= 4 is 17.3 Å². The van der Waals surface area contributed by atoms with Crippen LogP contribution in [-0.2, 0) is 6.42 Å². The summed E-state index contributed by atoms with van der Waals surface area (Å²) in [5.74, 6) is 0. The lowest BCUT2D eigenvalue weighted by atomic mass is 10.0. The minimum atomic E-state index is 0.206. The van der Waals surface area contributed by atoms with Gasteiger partial charge >= 0.3 is 0 Å². The summed E-state index contributed by atoms with van der Waals surface area (Å²) in [6, 6.07) is 7.07. The second kappa shape index (κ2) is 7.48. The Kier molecular flexibility index (Phi) is 5.91. The Hall–Kier alpha value is -0.770. The van der Waals surface area contributed by atoms with E-state index in [1.165, 1.54) is 24.1 Å². The molecule has 21 heavy (non-hydrogen) atoms. The first-order valence-electron chi connectivity index (χ1n) is 7.96. The molecule has 1 aliphatic heterocycles.